The normalized spacial score (nSPS) is 14.8. The fourth-order valence-electron chi connectivity index (χ4n) is 3.41. The summed E-state index contributed by atoms with van der Waals surface area (Å²) in [7, 11) is 0. The molecule has 2 N–H and O–H groups in total. The number of Topliss-reactive ketones (excluding diaryl/α,β-unsaturated/α-hetero) is 1. The maximum absolute atomic E-state index is 12.5. The SMILES string of the molecule is Cc1nn(CCN2CCCCC2)c(N)c1C(=O)OCC(=O)c1ccccc1Cl. The van der Waals surface area contributed by atoms with Crippen LogP contribution in [0.2, 0.25) is 5.02 Å². The molecule has 1 aromatic heterocycles. The highest BCUT2D eigenvalue weighted by Gasteiger charge is 2.23. The summed E-state index contributed by atoms with van der Waals surface area (Å²) in [5, 5.41) is 4.70. The van der Waals surface area contributed by atoms with Gasteiger partial charge < -0.3 is 15.4 Å². The van der Waals surface area contributed by atoms with Crippen molar-refractivity contribution >= 4 is 29.2 Å². The van der Waals surface area contributed by atoms with E-state index >= 15 is 0 Å². The molecule has 0 atom stereocenters. The number of aryl methyl sites for hydroxylation is 1. The Morgan fingerprint density at radius 3 is 2.61 bits per heavy atom. The number of hydrogen-bond acceptors (Lipinski definition) is 6. The van der Waals surface area contributed by atoms with E-state index in [2.05, 4.69) is 10.00 Å². The molecule has 1 aliphatic rings. The van der Waals surface area contributed by atoms with Gasteiger partial charge in [0.1, 0.15) is 11.4 Å². The third-order valence-electron chi connectivity index (χ3n) is 4.96. The fraction of sp³-hybridized carbons (Fsp3) is 0.450. The van der Waals surface area contributed by atoms with E-state index in [1.54, 1.807) is 35.9 Å². The van der Waals surface area contributed by atoms with Crippen molar-refractivity contribution in [2.45, 2.75) is 32.7 Å². The Kier molecular flexibility index (Phi) is 6.70. The maximum Gasteiger partial charge on any atom is 0.344 e. The molecule has 150 valence electrons. The van der Waals surface area contributed by atoms with Gasteiger partial charge in [-0.15, -0.1) is 0 Å². The molecule has 0 unspecified atom stereocenters. The van der Waals surface area contributed by atoms with Crippen LogP contribution in [0.5, 0.6) is 0 Å². The molecule has 0 bridgehead atoms. The number of nitrogen functional groups attached to an aromatic ring is 1. The second-order valence-electron chi connectivity index (χ2n) is 6.95. The van der Waals surface area contributed by atoms with Crippen LogP contribution in [-0.2, 0) is 11.3 Å². The molecule has 1 aliphatic heterocycles. The van der Waals surface area contributed by atoms with E-state index in [-0.39, 0.29) is 17.2 Å². The number of ketones is 1. The van der Waals surface area contributed by atoms with Gasteiger partial charge in [-0.05, 0) is 45.0 Å². The Balaban J connectivity index is 1.61. The Hall–Kier alpha value is -2.38. The number of benzene rings is 1. The highest BCUT2D eigenvalue weighted by Crippen LogP contribution is 2.19. The number of anilines is 1. The van der Waals surface area contributed by atoms with E-state index in [4.69, 9.17) is 22.1 Å². The Morgan fingerprint density at radius 1 is 1.18 bits per heavy atom. The number of piperidine rings is 1. The van der Waals surface area contributed by atoms with Crippen molar-refractivity contribution in [2.75, 3.05) is 32.0 Å². The van der Waals surface area contributed by atoms with Gasteiger partial charge in [-0.1, -0.05) is 30.2 Å². The summed E-state index contributed by atoms with van der Waals surface area (Å²) in [6.45, 7) is 4.92. The first-order valence-electron chi connectivity index (χ1n) is 9.47. The predicted molar refractivity (Wildman–Crippen MR) is 108 cm³/mol. The number of rotatable bonds is 7. The van der Waals surface area contributed by atoms with Gasteiger partial charge >= 0.3 is 5.97 Å². The third kappa shape index (κ3) is 4.72. The Morgan fingerprint density at radius 2 is 1.89 bits per heavy atom. The number of nitrogens with two attached hydrogens (primary N) is 1. The van der Waals surface area contributed by atoms with Crippen molar-refractivity contribution in [3.63, 3.8) is 0 Å². The van der Waals surface area contributed by atoms with Gasteiger partial charge in [0.2, 0.25) is 5.78 Å². The second kappa shape index (κ2) is 9.21. The number of aromatic nitrogens is 2. The van der Waals surface area contributed by atoms with E-state index in [1.165, 1.54) is 19.3 Å². The molecule has 0 saturated carbocycles. The minimum atomic E-state index is -0.653. The molecule has 0 spiro atoms. The molecule has 8 heteroatoms. The zero-order chi connectivity index (χ0) is 20.1. The van der Waals surface area contributed by atoms with E-state index < -0.39 is 12.6 Å². The molecular weight excluding hydrogens is 380 g/mol. The first kappa shape index (κ1) is 20.4. The lowest BCUT2D eigenvalue weighted by Gasteiger charge is -2.26. The first-order chi connectivity index (χ1) is 13.5. The number of esters is 1. The van der Waals surface area contributed by atoms with E-state index in [0.29, 0.717) is 22.8 Å². The van der Waals surface area contributed by atoms with Crippen molar-refractivity contribution in [1.29, 1.82) is 0 Å². The summed E-state index contributed by atoms with van der Waals surface area (Å²) in [5.74, 6) is -0.753. The summed E-state index contributed by atoms with van der Waals surface area (Å²) in [5.41, 5.74) is 7.16. The van der Waals surface area contributed by atoms with Gasteiger partial charge in [0.15, 0.2) is 6.61 Å². The molecule has 0 amide bonds. The van der Waals surface area contributed by atoms with Crippen molar-refractivity contribution < 1.29 is 14.3 Å². The molecule has 2 aromatic rings. The third-order valence-corrected chi connectivity index (χ3v) is 5.29. The minimum absolute atomic E-state index is 0.214. The van der Waals surface area contributed by atoms with Crippen molar-refractivity contribution in [3.8, 4) is 0 Å². The van der Waals surface area contributed by atoms with E-state index in [1.807, 2.05) is 0 Å². The summed E-state index contributed by atoms with van der Waals surface area (Å²) < 4.78 is 6.81. The average molecular weight is 405 g/mol. The molecule has 1 aromatic carbocycles. The number of likely N-dealkylation sites (tertiary alicyclic amines) is 1. The summed E-state index contributed by atoms with van der Waals surface area (Å²) >= 11 is 6.01. The van der Waals surface area contributed by atoms with Gasteiger partial charge in [0, 0.05) is 12.1 Å². The Labute approximate surface area is 169 Å². The van der Waals surface area contributed by atoms with Gasteiger partial charge in [-0.2, -0.15) is 5.10 Å². The van der Waals surface area contributed by atoms with Crippen LogP contribution in [0.25, 0.3) is 0 Å². The lowest BCUT2D eigenvalue weighted by atomic mass is 10.1. The number of nitrogens with zero attached hydrogens (tertiary/aromatic N) is 3. The number of hydrogen-bond donors (Lipinski definition) is 1. The smallest absolute Gasteiger partial charge is 0.344 e. The highest BCUT2D eigenvalue weighted by atomic mass is 35.5. The van der Waals surface area contributed by atoms with E-state index in [9.17, 15) is 9.59 Å². The predicted octanol–water partition coefficient (Wildman–Crippen LogP) is 2.95. The van der Waals surface area contributed by atoms with Crippen LogP contribution < -0.4 is 5.73 Å². The van der Waals surface area contributed by atoms with E-state index in [0.717, 1.165) is 19.6 Å². The summed E-state index contributed by atoms with van der Waals surface area (Å²) in [6.07, 6.45) is 3.71. The topological polar surface area (TPSA) is 90.5 Å². The minimum Gasteiger partial charge on any atom is -0.454 e. The van der Waals surface area contributed by atoms with Gasteiger partial charge in [0.05, 0.1) is 17.3 Å². The van der Waals surface area contributed by atoms with Crippen molar-refractivity contribution in [2.24, 2.45) is 0 Å². The molecule has 1 fully saturated rings. The molecule has 2 heterocycles. The maximum atomic E-state index is 12.5. The number of ether oxygens (including phenoxy) is 1. The van der Waals surface area contributed by atoms with Gasteiger partial charge in [-0.25, -0.2) is 9.48 Å². The quantitative estimate of drug-likeness (QED) is 0.563. The molecule has 1 saturated heterocycles. The Bertz CT molecular complexity index is 859. The number of halogens is 1. The monoisotopic (exact) mass is 404 g/mol. The molecule has 0 aliphatic carbocycles. The van der Waals surface area contributed by atoms with Gasteiger partial charge in [0.25, 0.3) is 0 Å². The lowest BCUT2D eigenvalue weighted by molar-refractivity contribution is 0.0475. The average Bonchev–Trinajstić information content (AvgIpc) is 2.98. The second-order valence-corrected chi connectivity index (χ2v) is 7.36. The lowest BCUT2D eigenvalue weighted by Crippen LogP contribution is -2.33. The van der Waals surface area contributed by atoms with Crippen LogP contribution in [-0.4, -0.2) is 52.7 Å². The van der Waals surface area contributed by atoms with Crippen LogP contribution in [0.1, 0.15) is 45.7 Å². The van der Waals surface area contributed by atoms with Crippen LogP contribution in [0.15, 0.2) is 24.3 Å². The highest BCUT2D eigenvalue weighted by molar-refractivity contribution is 6.34. The standard InChI is InChI=1S/C20H25ClN4O3/c1-14-18(19(22)25(23-14)12-11-24-9-5-2-6-10-24)20(27)28-13-17(26)15-7-3-4-8-16(15)21/h3-4,7-8H,2,5-6,9-13,22H2,1H3. The molecule has 28 heavy (non-hydrogen) atoms. The van der Waals surface area contributed by atoms with Crippen LogP contribution in [0, 0.1) is 6.92 Å². The molecule has 3 rings (SSSR count). The zero-order valence-electron chi connectivity index (χ0n) is 16.0. The van der Waals surface area contributed by atoms with Crippen LogP contribution >= 0.6 is 11.6 Å². The van der Waals surface area contributed by atoms with Crippen molar-refractivity contribution in [1.82, 2.24) is 14.7 Å². The largest absolute Gasteiger partial charge is 0.454 e. The number of carbonyl (C=O) groups excluding carboxylic acids is 2. The summed E-state index contributed by atoms with van der Waals surface area (Å²) in [4.78, 5) is 27.1. The molecule has 7 nitrogen and oxygen atoms in total. The van der Waals surface area contributed by atoms with Gasteiger partial charge in [-0.3, -0.25) is 4.79 Å². The molecule has 0 radical (unpaired) electrons. The van der Waals surface area contributed by atoms with Crippen molar-refractivity contribution in [3.05, 3.63) is 46.1 Å². The van der Waals surface area contributed by atoms with Crippen LogP contribution in [0.3, 0.4) is 0 Å². The number of carbonyl (C=O) groups is 2. The first-order valence-corrected chi connectivity index (χ1v) is 9.85. The fourth-order valence-corrected chi connectivity index (χ4v) is 3.65. The molecular formula is C20H25ClN4O3. The zero-order valence-corrected chi connectivity index (χ0v) is 16.7. The van der Waals surface area contributed by atoms with Crippen LogP contribution in [0.4, 0.5) is 5.82 Å². The summed E-state index contributed by atoms with van der Waals surface area (Å²) in [6, 6.07) is 6.64.